The van der Waals surface area contributed by atoms with Gasteiger partial charge in [-0.3, -0.25) is 14.9 Å². The van der Waals surface area contributed by atoms with Gasteiger partial charge in [0.1, 0.15) is 11.1 Å². The van der Waals surface area contributed by atoms with Crippen LogP contribution in [0.15, 0.2) is 18.2 Å². The maximum absolute atomic E-state index is 13.2. The number of nitrogens with one attached hydrogen (secondary N) is 3. The van der Waals surface area contributed by atoms with E-state index in [0.717, 1.165) is 5.69 Å². The van der Waals surface area contributed by atoms with Crippen molar-refractivity contribution in [1.82, 2.24) is 20.9 Å². The van der Waals surface area contributed by atoms with Crippen LogP contribution in [-0.4, -0.2) is 72.7 Å². The van der Waals surface area contributed by atoms with Crippen LogP contribution in [0.1, 0.15) is 40.5 Å². The molecule has 12 heteroatoms. The standard InChI is InChI=1S/C24H33Cl2N5O5/c1-15(19(32)31-9-7-30(8-10-31)18-12-16(25)11-17(26)13-18)14-24(20(33)28-21(34)29-24)5-6-27-22(35)36-23(2,3)4/h11-13,15H,5-10,14H2,1-4H3,(H,27,35)(H2,28,29,33,34). The largest absolute Gasteiger partial charge is 0.444 e. The predicted octanol–water partition coefficient (Wildman–Crippen LogP) is 3.16. The fourth-order valence-electron chi connectivity index (χ4n) is 4.47. The average molecular weight is 542 g/mol. The van der Waals surface area contributed by atoms with Gasteiger partial charge in [0, 0.05) is 54.4 Å². The highest BCUT2D eigenvalue weighted by Crippen LogP contribution is 2.28. The fourth-order valence-corrected chi connectivity index (χ4v) is 4.99. The second kappa shape index (κ2) is 11.1. The second-order valence-electron chi connectivity index (χ2n) is 10.2. The third-order valence-electron chi connectivity index (χ3n) is 6.11. The maximum atomic E-state index is 13.2. The summed E-state index contributed by atoms with van der Waals surface area (Å²) in [6, 6.07) is 4.73. The molecule has 2 atom stereocenters. The van der Waals surface area contributed by atoms with Gasteiger partial charge in [0.25, 0.3) is 5.91 Å². The van der Waals surface area contributed by atoms with Gasteiger partial charge in [-0.25, -0.2) is 9.59 Å². The lowest BCUT2D eigenvalue weighted by Crippen LogP contribution is -2.54. The number of hydrogen-bond donors (Lipinski definition) is 3. The van der Waals surface area contributed by atoms with E-state index in [0.29, 0.717) is 36.2 Å². The van der Waals surface area contributed by atoms with E-state index < -0.39 is 35.1 Å². The van der Waals surface area contributed by atoms with E-state index >= 15 is 0 Å². The smallest absolute Gasteiger partial charge is 0.407 e. The number of rotatable bonds is 7. The molecule has 10 nitrogen and oxygen atoms in total. The number of benzene rings is 1. The molecule has 1 aromatic carbocycles. The molecule has 5 amide bonds. The number of anilines is 1. The van der Waals surface area contributed by atoms with Crippen molar-refractivity contribution in [2.45, 2.75) is 51.7 Å². The topological polar surface area (TPSA) is 120 Å². The molecule has 3 rings (SSSR count). The van der Waals surface area contributed by atoms with Crippen molar-refractivity contribution in [1.29, 1.82) is 0 Å². The van der Waals surface area contributed by atoms with Gasteiger partial charge in [-0.15, -0.1) is 0 Å². The molecule has 3 N–H and O–H groups in total. The summed E-state index contributed by atoms with van der Waals surface area (Å²) in [4.78, 5) is 53.8. The number of nitrogens with zero attached hydrogens (tertiary/aromatic N) is 2. The van der Waals surface area contributed by atoms with E-state index in [1.165, 1.54) is 0 Å². The Bertz CT molecular complexity index is 1000. The van der Waals surface area contributed by atoms with Gasteiger partial charge >= 0.3 is 12.1 Å². The van der Waals surface area contributed by atoms with Crippen LogP contribution in [0.4, 0.5) is 15.3 Å². The van der Waals surface area contributed by atoms with E-state index in [-0.39, 0.29) is 25.3 Å². The minimum atomic E-state index is -1.31. The molecule has 2 saturated heterocycles. The lowest BCUT2D eigenvalue weighted by molar-refractivity contribution is -0.136. The van der Waals surface area contributed by atoms with Gasteiger partial charge in [-0.05, 0) is 51.8 Å². The Labute approximate surface area is 221 Å². The van der Waals surface area contributed by atoms with Crippen LogP contribution in [0.3, 0.4) is 0 Å². The Balaban J connectivity index is 1.59. The number of urea groups is 1. The quantitative estimate of drug-likeness (QED) is 0.456. The van der Waals surface area contributed by atoms with E-state index in [9.17, 15) is 19.2 Å². The van der Waals surface area contributed by atoms with Crippen LogP contribution in [0.5, 0.6) is 0 Å². The number of amides is 5. The molecule has 2 heterocycles. The third-order valence-corrected chi connectivity index (χ3v) is 6.55. The van der Waals surface area contributed by atoms with Crippen LogP contribution >= 0.6 is 23.2 Å². The molecule has 0 radical (unpaired) electrons. The molecule has 2 unspecified atom stereocenters. The molecule has 2 aliphatic rings. The number of hydrogen-bond acceptors (Lipinski definition) is 6. The highest BCUT2D eigenvalue weighted by molar-refractivity contribution is 6.35. The summed E-state index contributed by atoms with van der Waals surface area (Å²) in [5, 5.41) is 8.63. The van der Waals surface area contributed by atoms with Gasteiger partial charge in [0.2, 0.25) is 5.91 Å². The zero-order valence-electron chi connectivity index (χ0n) is 21.0. The van der Waals surface area contributed by atoms with Crippen LogP contribution in [-0.2, 0) is 14.3 Å². The number of halogens is 2. The Morgan fingerprint density at radius 1 is 1.11 bits per heavy atom. The summed E-state index contributed by atoms with van der Waals surface area (Å²) in [7, 11) is 0. The molecular formula is C24H33Cl2N5O5. The first-order valence-electron chi connectivity index (χ1n) is 11.9. The predicted molar refractivity (Wildman–Crippen MR) is 137 cm³/mol. The molecule has 198 valence electrons. The van der Waals surface area contributed by atoms with E-state index in [1.54, 1.807) is 38.7 Å². The Morgan fingerprint density at radius 3 is 2.25 bits per heavy atom. The Kier molecular flexibility index (Phi) is 8.61. The lowest BCUT2D eigenvalue weighted by atomic mass is 9.84. The monoisotopic (exact) mass is 541 g/mol. The van der Waals surface area contributed by atoms with Crippen molar-refractivity contribution < 1.29 is 23.9 Å². The minimum Gasteiger partial charge on any atom is -0.444 e. The summed E-state index contributed by atoms with van der Waals surface area (Å²) in [6.07, 6.45) is -0.404. The molecule has 1 aromatic rings. The van der Waals surface area contributed by atoms with E-state index in [1.807, 2.05) is 12.1 Å². The number of carbonyl (C=O) groups excluding carboxylic acids is 4. The molecular weight excluding hydrogens is 509 g/mol. The van der Waals surface area contributed by atoms with Crippen molar-refractivity contribution in [3.63, 3.8) is 0 Å². The normalized spacial score (nSPS) is 21.1. The molecule has 0 aromatic heterocycles. The maximum Gasteiger partial charge on any atom is 0.407 e. The number of carbonyl (C=O) groups is 4. The molecule has 36 heavy (non-hydrogen) atoms. The Hall–Kier alpha value is -2.72. The number of piperazine rings is 1. The number of imide groups is 1. The summed E-state index contributed by atoms with van der Waals surface area (Å²) in [5.41, 5.74) is -1.07. The second-order valence-corrected chi connectivity index (χ2v) is 11.1. The molecule has 2 aliphatic heterocycles. The Morgan fingerprint density at radius 2 is 1.72 bits per heavy atom. The van der Waals surface area contributed by atoms with Crippen LogP contribution in [0, 0.1) is 5.92 Å². The van der Waals surface area contributed by atoms with E-state index in [2.05, 4.69) is 20.9 Å². The van der Waals surface area contributed by atoms with Crippen molar-refractivity contribution >= 4 is 52.8 Å². The summed E-state index contributed by atoms with van der Waals surface area (Å²) < 4.78 is 5.22. The fraction of sp³-hybridized carbons (Fsp3) is 0.583. The lowest BCUT2D eigenvalue weighted by Gasteiger charge is -2.38. The van der Waals surface area contributed by atoms with Crippen molar-refractivity contribution in [2.24, 2.45) is 5.92 Å². The van der Waals surface area contributed by atoms with Crippen LogP contribution in [0.25, 0.3) is 0 Å². The van der Waals surface area contributed by atoms with Gasteiger partial charge in [-0.2, -0.15) is 0 Å². The van der Waals surface area contributed by atoms with E-state index in [4.69, 9.17) is 27.9 Å². The first-order valence-corrected chi connectivity index (χ1v) is 12.6. The summed E-state index contributed by atoms with van der Waals surface area (Å²) in [6.45, 7) is 9.28. The van der Waals surface area contributed by atoms with Gasteiger partial charge in [-0.1, -0.05) is 30.1 Å². The molecule has 2 fully saturated rings. The number of alkyl carbamates (subject to hydrolysis) is 1. The van der Waals surface area contributed by atoms with Crippen LogP contribution < -0.4 is 20.9 Å². The molecule has 0 bridgehead atoms. The summed E-state index contributed by atoms with van der Waals surface area (Å²) in [5.74, 6) is -1.16. The van der Waals surface area contributed by atoms with Gasteiger partial charge in [0.05, 0.1) is 0 Å². The van der Waals surface area contributed by atoms with Gasteiger partial charge in [0.15, 0.2) is 0 Å². The zero-order valence-corrected chi connectivity index (χ0v) is 22.5. The SMILES string of the molecule is CC(CC1(CCNC(=O)OC(C)(C)C)NC(=O)NC1=O)C(=O)N1CCN(c2cc(Cl)cc(Cl)c2)CC1. The van der Waals surface area contributed by atoms with Gasteiger partial charge < -0.3 is 25.2 Å². The molecule has 0 saturated carbocycles. The van der Waals surface area contributed by atoms with Crippen molar-refractivity contribution in [3.8, 4) is 0 Å². The first-order chi connectivity index (χ1) is 16.8. The first kappa shape index (κ1) is 27.9. The van der Waals surface area contributed by atoms with Crippen molar-refractivity contribution in [2.75, 3.05) is 37.6 Å². The minimum absolute atomic E-state index is 0.0877. The zero-order chi connectivity index (χ0) is 26.7. The number of ether oxygens (including phenoxy) is 1. The molecule has 0 aliphatic carbocycles. The highest BCUT2D eigenvalue weighted by atomic mass is 35.5. The summed E-state index contributed by atoms with van der Waals surface area (Å²) >= 11 is 12.2. The highest BCUT2D eigenvalue weighted by Gasteiger charge is 2.47. The van der Waals surface area contributed by atoms with Crippen molar-refractivity contribution in [3.05, 3.63) is 28.2 Å². The third kappa shape index (κ3) is 7.16. The average Bonchev–Trinajstić information content (AvgIpc) is 3.03. The molecule has 0 spiro atoms. The van der Waals surface area contributed by atoms with Crippen LogP contribution in [0.2, 0.25) is 10.0 Å².